The molecule has 1 aromatic heterocycles. The van der Waals surface area contributed by atoms with Crippen LogP contribution in [0.3, 0.4) is 0 Å². The Labute approximate surface area is 182 Å². The van der Waals surface area contributed by atoms with Gasteiger partial charge in [-0.3, -0.25) is 9.59 Å². The van der Waals surface area contributed by atoms with E-state index in [1.165, 1.54) is 11.3 Å². The molecule has 0 radical (unpaired) electrons. The number of hydrogen-bond donors (Lipinski definition) is 0. The van der Waals surface area contributed by atoms with Crippen molar-refractivity contribution >= 4 is 34.5 Å². The average molecular weight is 421 g/mol. The molecule has 1 atom stereocenters. The molecule has 156 valence electrons. The first-order chi connectivity index (χ1) is 14.6. The van der Waals surface area contributed by atoms with Crippen molar-refractivity contribution in [3.8, 4) is 0 Å². The fourth-order valence-corrected chi connectivity index (χ4v) is 4.69. The predicted octanol–water partition coefficient (Wildman–Crippen LogP) is 6.23. The lowest BCUT2D eigenvalue weighted by molar-refractivity contribution is -0.117. The van der Waals surface area contributed by atoms with Crippen LogP contribution in [0.25, 0.3) is 0 Å². The first-order valence-corrected chi connectivity index (χ1v) is 11.2. The summed E-state index contributed by atoms with van der Waals surface area (Å²) >= 11 is 1.52. The van der Waals surface area contributed by atoms with Crippen LogP contribution >= 0.6 is 11.3 Å². The zero-order chi connectivity index (χ0) is 21.7. The maximum atomic E-state index is 13.1. The fourth-order valence-electron chi connectivity index (χ4n) is 3.87. The van der Waals surface area contributed by atoms with Gasteiger partial charge in [-0.2, -0.15) is 0 Å². The highest BCUT2D eigenvalue weighted by Gasteiger charge is 2.34. The highest BCUT2D eigenvalue weighted by atomic mass is 32.1. The Hall–Kier alpha value is -2.92. The van der Waals surface area contributed by atoms with Crippen LogP contribution in [0.1, 0.15) is 53.3 Å². The predicted molar refractivity (Wildman–Crippen MR) is 125 cm³/mol. The first kappa shape index (κ1) is 21.8. The van der Waals surface area contributed by atoms with Gasteiger partial charge in [0.05, 0.1) is 10.9 Å². The highest BCUT2D eigenvalue weighted by molar-refractivity contribution is 7.14. The number of hydrogen-bond acceptors (Lipinski definition) is 3. The van der Waals surface area contributed by atoms with E-state index in [1.54, 1.807) is 6.92 Å². The quantitative estimate of drug-likeness (QED) is 0.504. The van der Waals surface area contributed by atoms with Gasteiger partial charge in [-0.15, -0.1) is 11.3 Å². The van der Waals surface area contributed by atoms with Crippen LogP contribution in [0.5, 0.6) is 0 Å². The molecule has 0 N–H and O–H groups in total. The number of amides is 2. The van der Waals surface area contributed by atoms with Crippen LogP contribution in [-0.2, 0) is 4.79 Å². The third kappa shape index (κ3) is 4.31. The molecular formula is C25H28N2O2S. The molecule has 2 amide bonds. The lowest BCUT2D eigenvalue weighted by atomic mass is 9.94. The highest BCUT2D eigenvalue weighted by Crippen LogP contribution is 2.40. The van der Waals surface area contributed by atoms with Gasteiger partial charge in [0, 0.05) is 29.7 Å². The number of nitrogens with zero attached hydrogens (tertiary/aromatic N) is 2. The molecule has 3 aromatic rings. The fraction of sp³-hybridized carbons (Fsp3) is 0.280. The lowest BCUT2D eigenvalue weighted by Gasteiger charge is -2.39. The molecule has 0 fully saturated rings. The Bertz CT molecular complexity index is 1010. The molecule has 0 saturated carbocycles. The molecule has 2 aromatic carbocycles. The maximum Gasteiger partial charge on any atom is 0.268 e. The molecular weight excluding hydrogens is 392 g/mol. The molecule has 0 unspecified atom stereocenters. The molecule has 4 rings (SSSR count). The van der Waals surface area contributed by atoms with Crippen molar-refractivity contribution in [2.24, 2.45) is 0 Å². The van der Waals surface area contributed by atoms with Gasteiger partial charge in [-0.1, -0.05) is 50.2 Å². The number of carbonyl (C=O) groups is 2. The second-order valence-electron chi connectivity index (χ2n) is 6.95. The minimum Gasteiger partial charge on any atom is -0.307 e. The summed E-state index contributed by atoms with van der Waals surface area (Å²) in [4.78, 5) is 31.2. The second kappa shape index (κ2) is 9.72. The number of benzene rings is 2. The Morgan fingerprint density at radius 3 is 2.27 bits per heavy atom. The van der Waals surface area contributed by atoms with Gasteiger partial charge < -0.3 is 9.80 Å². The summed E-state index contributed by atoms with van der Waals surface area (Å²) in [6.45, 7) is 8.18. The van der Waals surface area contributed by atoms with Crippen molar-refractivity contribution in [3.63, 3.8) is 0 Å². The Morgan fingerprint density at radius 1 is 0.967 bits per heavy atom. The number of fused-ring (bicyclic) bond motifs is 1. The molecule has 5 heteroatoms. The summed E-state index contributed by atoms with van der Waals surface area (Å²) in [6, 6.07) is 21.4. The first-order valence-electron chi connectivity index (χ1n) is 10.4. The van der Waals surface area contributed by atoms with Crippen LogP contribution in [0.15, 0.2) is 66.7 Å². The summed E-state index contributed by atoms with van der Waals surface area (Å²) in [7, 11) is 0. The van der Waals surface area contributed by atoms with Crippen LogP contribution < -0.4 is 9.80 Å². The smallest absolute Gasteiger partial charge is 0.268 e. The molecule has 1 aliphatic rings. The van der Waals surface area contributed by atoms with E-state index in [0.717, 1.165) is 26.7 Å². The Kier molecular flexibility index (Phi) is 7.06. The molecule has 0 spiro atoms. The van der Waals surface area contributed by atoms with Gasteiger partial charge in [-0.25, -0.2) is 0 Å². The van der Waals surface area contributed by atoms with E-state index in [2.05, 4.69) is 0 Å². The topological polar surface area (TPSA) is 40.6 Å². The van der Waals surface area contributed by atoms with Crippen molar-refractivity contribution in [2.75, 3.05) is 16.3 Å². The SMILES string of the molecule is CC.CC(=O)N(c1ccccc1)[C@@H]1CCN(C(=O)c2ccc(C)s2)c2ccccc21. The van der Waals surface area contributed by atoms with Gasteiger partial charge >= 0.3 is 0 Å². The maximum absolute atomic E-state index is 13.1. The molecule has 0 saturated heterocycles. The zero-order valence-corrected chi connectivity index (χ0v) is 18.8. The molecule has 2 heterocycles. The third-order valence-corrected chi connectivity index (χ3v) is 6.08. The normalized spacial score (nSPS) is 14.9. The summed E-state index contributed by atoms with van der Waals surface area (Å²) in [5, 5.41) is 0. The van der Waals surface area contributed by atoms with Crippen molar-refractivity contribution in [3.05, 3.63) is 82.0 Å². The van der Waals surface area contributed by atoms with E-state index in [1.807, 2.05) is 97.3 Å². The van der Waals surface area contributed by atoms with Crippen LogP contribution in [0, 0.1) is 6.92 Å². The van der Waals surface area contributed by atoms with E-state index in [0.29, 0.717) is 13.0 Å². The summed E-state index contributed by atoms with van der Waals surface area (Å²) in [5.41, 5.74) is 2.77. The van der Waals surface area contributed by atoms with Crippen molar-refractivity contribution in [1.82, 2.24) is 0 Å². The van der Waals surface area contributed by atoms with Gasteiger partial charge in [0.1, 0.15) is 0 Å². The van der Waals surface area contributed by atoms with Crippen molar-refractivity contribution < 1.29 is 9.59 Å². The molecule has 4 nitrogen and oxygen atoms in total. The zero-order valence-electron chi connectivity index (χ0n) is 18.0. The third-order valence-electron chi connectivity index (χ3n) is 5.09. The van der Waals surface area contributed by atoms with Crippen molar-refractivity contribution in [2.45, 2.75) is 40.2 Å². The van der Waals surface area contributed by atoms with Crippen LogP contribution in [0.4, 0.5) is 11.4 Å². The van der Waals surface area contributed by atoms with Gasteiger partial charge in [-0.05, 0) is 49.2 Å². The number of anilines is 2. The lowest BCUT2D eigenvalue weighted by Crippen LogP contribution is -2.42. The summed E-state index contributed by atoms with van der Waals surface area (Å²) in [6.07, 6.45) is 0.696. The van der Waals surface area contributed by atoms with E-state index < -0.39 is 0 Å². The van der Waals surface area contributed by atoms with E-state index in [9.17, 15) is 9.59 Å². The minimum atomic E-state index is -0.0924. The van der Waals surface area contributed by atoms with Gasteiger partial charge in [0.25, 0.3) is 5.91 Å². The molecule has 30 heavy (non-hydrogen) atoms. The number of para-hydroxylation sites is 2. The average Bonchev–Trinajstić information content (AvgIpc) is 3.22. The molecule has 0 aliphatic carbocycles. The van der Waals surface area contributed by atoms with E-state index in [4.69, 9.17) is 0 Å². The minimum absolute atomic E-state index is 0.000314. The van der Waals surface area contributed by atoms with Crippen molar-refractivity contribution in [1.29, 1.82) is 0 Å². The van der Waals surface area contributed by atoms with Gasteiger partial charge in [0.2, 0.25) is 5.91 Å². The number of carbonyl (C=O) groups excluding carboxylic acids is 2. The standard InChI is InChI=1S/C23H22N2O2S.C2H6/c1-16-12-13-22(28-16)23(27)24-15-14-21(19-10-6-7-11-20(19)24)25(17(2)26)18-8-4-3-5-9-18;1-2/h3-13,21H,14-15H2,1-2H3;1-2H3/t21-;/m1./s1. The number of rotatable bonds is 3. The molecule has 0 bridgehead atoms. The monoisotopic (exact) mass is 420 g/mol. The van der Waals surface area contributed by atoms with Gasteiger partial charge in [0.15, 0.2) is 0 Å². The summed E-state index contributed by atoms with van der Waals surface area (Å²) < 4.78 is 0. The Balaban J connectivity index is 0.00000124. The number of aryl methyl sites for hydroxylation is 1. The van der Waals surface area contributed by atoms with E-state index in [-0.39, 0.29) is 17.9 Å². The summed E-state index contributed by atoms with van der Waals surface area (Å²) in [5.74, 6) is 0.0257. The molecule has 1 aliphatic heterocycles. The second-order valence-corrected chi connectivity index (χ2v) is 8.24. The van der Waals surface area contributed by atoms with Crippen LogP contribution in [0.2, 0.25) is 0 Å². The van der Waals surface area contributed by atoms with E-state index >= 15 is 0 Å². The largest absolute Gasteiger partial charge is 0.307 e. The Morgan fingerprint density at radius 2 is 1.63 bits per heavy atom. The number of thiophene rings is 1. The van der Waals surface area contributed by atoms with Crippen LogP contribution in [-0.4, -0.2) is 18.4 Å².